The summed E-state index contributed by atoms with van der Waals surface area (Å²) in [5.41, 5.74) is 1.19. The molecular weight excluding hydrogens is 521 g/mol. The van der Waals surface area contributed by atoms with Gasteiger partial charge in [0, 0.05) is 45.8 Å². The molecule has 2 aliphatic heterocycles. The number of hydrogen-bond acceptors (Lipinski definition) is 5. The summed E-state index contributed by atoms with van der Waals surface area (Å²) in [5.74, 6) is 2.01. The zero-order valence-corrected chi connectivity index (χ0v) is 21.9. The van der Waals surface area contributed by atoms with Crippen LogP contribution in [-0.4, -0.2) is 105 Å². The highest BCUT2D eigenvalue weighted by Gasteiger charge is 2.24. The van der Waals surface area contributed by atoms with Gasteiger partial charge in [0.05, 0.1) is 26.3 Å². The molecule has 2 fully saturated rings. The minimum Gasteiger partial charge on any atom is -0.489 e. The lowest BCUT2D eigenvalue weighted by atomic mass is 10.2. The van der Waals surface area contributed by atoms with Crippen LogP contribution in [0.3, 0.4) is 0 Å². The molecule has 32 heavy (non-hydrogen) atoms. The molecule has 0 radical (unpaired) electrons. The number of piperazine rings is 1. The Labute approximate surface area is 209 Å². The van der Waals surface area contributed by atoms with Crippen LogP contribution in [0, 0.1) is 6.92 Å². The largest absolute Gasteiger partial charge is 0.489 e. The number of rotatable bonds is 7. The first kappa shape index (κ1) is 26.7. The highest BCUT2D eigenvalue weighted by atomic mass is 127. The number of ether oxygens (including phenoxy) is 2. The maximum Gasteiger partial charge on any atom is 0.236 e. The molecule has 1 aromatic rings. The molecule has 1 amide bonds. The van der Waals surface area contributed by atoms with Crippen molar-refractivity contribution in [2.24, 2.45) is 4.99 Å². The van der Waals surface area contributed by atoms with Crippen LogP contribution >= 0.6 is 24.0 Å². The van der Waals surface area contributed by atoms with Gasteiger partial charge in [-0.1, -0.05) is 12.1 Å². The van der Waals surface area contributed by atoms with Gasteiger partial charge in [0.2, 0.25) is 5.91 Å². The molecule has 3 rings (SSSR count). The third-order valence-electron chi connectivity index (χ3n) is 5.55. The lowest BCUT2D eigenvalue weighted by molar-refractivity contribution is -0.136. The van der Waals surface area contributed by atoms with Gasteiger partial charge in [-0.2, -0.15) is 0 Å². The second kappa shape index (κ2) is 13.8. The van der Waals surface area contributed by atoms with Gasteiger partial charge < -0.3 is 24.6 Å². The van der Waals surface area contributed by atoms with Crippen LogP contribution in [0.15, 0.2) is 29.3 Å². The molecule has 2 saturated heterocycles. The number of halogens is 1. The van der Waals surface area contributed by atoms with Crippen LogP contribution in [0.25, 0.3) is 0 Å². The average Bonchev–Trinajstić information content (AvgIpc) is 2.78. The number of benzene rings is 1. The zero-order valence-electron chi connectivity index (χ0n) is 19.6. The maximum absolute atomic E-state index is 12.5. The number of carbonyl (C=O) groups is 1. The third-order valence-corrected chi connectivity index (χ3v) is 5.55. The average molecular weight is 559 g/mol. The number of aliphatic imine (C=N–C) groups is 1. The Morgan fingerprint density at radius 1 is 1.16 bits per heavy atom. The minimum absolute atomic E-state index is 0. The van der Waals surface area contributed by atoms with Gasteiger partial charge in [-0.05, 0) is 38.5 Å². The lowest BCUT2D eigenvalue weighted by Gasteiger charge is -2.37. The van der Waals surface area contributed by atoms with Crippen molar-refractivity contribution in [1.82, 2.24) is 20.0 Å². The minimum atomic E-state index is -0.0112. The van der Waals surface area contributed by atoms with Crippen LogP contribution in [0.4, 0.5) is 0 Å². The van der Waals surface area contributed by atoms with E-state index >= 15 is 0 Å². The number of aryl methyl sites for hydroxylation is 1. The smallest absolute Gasteiger partial charge is 0.236 e. The molecule has 8 nitrogen and oxygen atoms in total. The van der Waals surface area contributed by atoms with Crippen molar-refractivity contribution in [2.75, 3.05) is 72.1 Å². The Balaban J connectivity index is 0.00000363. The molecule has 0 aromatic heterocycles. The summed E-state index contributed by atoms with van der Waals surface area (Å²) < 4.78 is 11.4. The highest BCUT2D eigenvalue weighted by molar-refractivity contribution is 14.0. The fourth-order valence-electron chi connectivity index (χ4n) is 3.82. The van der Waals surface area contributed by atoms with Crippen molar-refractivity contribution < 1.29 is 14.3 Å². The summed E-state index contributed by atoms with van der Waals surface area (Å²) in [6.45, 7) is 14.2. The molecular formula is C23H38IN5O3. The van der Waals surface area contributed by atoms with Crippen LogP contribution < -0.4 is 10.1 Å². The van der Waals surface area contributed by atoms with Crippen LogP contribution in [0.1, 0.15) is 19.4 Å². The predicted molar refractivity (Wildman–Crippen MR) is 138 cm³/mol. The Bertz CT molecular complexity index is 734. The van der Waals surface area contributed by atoms with E-state index in [4.69, 9.17) is 14.5 Å². The molecule has 0 saturated carbocycles. The monoisotopic (exact) mass is 559 g/mol. The fourth-order valence-corrected chi connectivity index (χ4v) is 3.82. The maximum atomic E-state index is 12.5. The van der Waals surface area contributed by atoms with Crippen molar-refractivity contribution in [3.63, 3.8) is 0 Å². The number of nitrogens with zero attached hydrogens (tertiary/aromatic N) is 4. The summed E-state index contributed by atoms with van der Waals surface area (Å²) in [6, 6.07) is 8.10. The Hall–Kier alpha value is -1.59. The number of guanidine groups is 1. The standard InChI is InChI=1S/C23H37N5O3.HI/c1-4-24-23(25-17-20(3)31-21-7-5-6-19(2)16-21)28-10-8-26(9-11-28)18-22(29)27-12-14-30-15-13-27;/h5-7,16,20H,4,8-15,17-18H2,1-3H3,(H,24,25);1H. The SMILES string of the molecule is CCNC(=NCC(C)Oc1cccc(C)c1)N1CCN(CC(=O)N2CCOCC2)CC1.I. The van der Waals surface area contributed by atoms with Gasteiger partial charge in [-0.15, -0.1) is 24.0 Å². The van der Waals surface area contributed by atoms with Crippen LogP contribution in [0.2, 0.25) is 0 Å². The molecule has 9 heteroatoms. The molecule has 180 valence electrons. The van der Waals surface area contributed by atoms with Gasteiger partial charge in [-0.3, -0.25) is 9.69 Å². The molecule has 0 aliphatic carbocycles. The fraction of sp³-hybridized carbons (Fsp3) is 0.652. The van der Waals surface area contributed by atoms with Crippen molar-refractivity contribution in [3.8, 4) is 5.75 Å². The Morgan fingerprint density at radius 2 is 1.88 bits per heavy atom. The summed E-state index contributed by atoms with van der Waals surface area (Å²) in [5, 5.41) is 3.40. The Kier molecular flexibility index (Phi) is 11.5. The predicted octanol–water partition coefficient (Wildman–Crippen LogP) is 1.82. The first-order valence-electron chi connectivity index (χ1n) is 11.4. The number of nitrogens with one attached hydrogen (secondary N) is 1. The highest BCUT2D eigenvalue weighted by Crippen LogP contribution is 2.14. The molecule has 1 unspecified atom stereocenters. The first-order valence-corrected chi connectivity index (χ1v) is 11.4. The van der Waals surface area contributed by atoms with Gasteiger partial charge >= 0.3 is 0 Å². The molecule has 0 spiro atoms. The first-order chi connectivity index (χ1) is 15.0. The summed E-state index contributed by atoms with van der Waals surface area (Å²) >= 11 is 0. The van der Waals surface area contributed by atoms with Gasteiger partial charge in [0.25, 0.3) is 0 Å². The second-order valence-electron chi connectivity index (χ2n) is 8.20. The van der Waals surface area contributed by atoms with E-state index in [9.17, 15) is 4.79 Å². The molecule has 0 bridgehead atoms. The molecule has 2 aliphatic rings. The second-order valence-corrected chi connectivity index (χ2v) is 8.20. The van der Waals surface area contributed by atoms with Crippen molar-refractivity contribution >= 4 is 35.8 Å². The molecule has 1 aromatic carbocycles. The summed E-state index contributed by atoms with van der Waals surface area (Å²) in [7, 11) is 0. The quantitative estimate of drug-likeness (QED) is 0.313. The normalized spacial score (nSPS) is 18.7. The van der Waals surface area contributed by atoms with Crippen LogP contribution in [-0.2, 0) is 9.53 Å². The van der Waals surface area contributed by atoms with E-state index in [2.05, 4.69) is 35.0 Å². The van der Waals surface area contributed by atoms with E-state index in [-0.39, 0.29) is 36.0 Å². The number of morpholine rings is 1. The lowest BCUT2D eigenvalue weighted by Crippen LogP contribution is -2.55. The van der Waals surface area contributed by atoms with E-state index in [1.54, 1.807) is 0 Å². The number of hydrogen-bond donors (Lipinski definition) is 1. The van der Waals surface area contributed by atoms with Gasteiger partial charge in [0.15, 0.2) is 5.96 Å². The van der Waals surface area contributed by atoms with Gasteiger partial charge in [-0.25, -0.2) is 4.99 Å². The van der Waals surface area contributed by atoms with Gasteiger partial charge in [0.1, 0.15) is 11.9 Å². The van der Waals surface area contributed by atoms with Crippen molar-refractivity contribution in [1.29, 1.82) is 0 Å². The van der Waals surface area contributed by atoms with Crippen molar-refractivity contribution in [3.05, 3.63) is 29.8 Å². The van der Waals surface area contributed by atoms with E-state index in [1.165, 1.54) is 5.56 Å². The van der Waals surface area contributed by atoms with E-state index in [1.807, 2.05) is 30.0 Å². The number of amides is 1. The Morgan fingerprint density at radius 3 is 2.53 bits per heavy atom. The van der Waals surface area contributed by atoms with Crippen LogP contribution in [0.5, 0.6) is 5.75 Å². The van der Waals surface area contributed by atoms with E-state index in [0.717, 1.165) is 44.4 Å². The third kappa shape index (κ3) is 8.40. The van der Waals surface area contributed by atoms with Crippen molar-refractivity contribution in [2.45, 2.75) is 26.9 Å². The van der Waals surface area contributed by atoms with E-state index in [0.29, 0.717) is 39.4 Å². The summed E-state index contributed by atoms with van der Waals surface area (Å²) in [6.07, 6.45) is -0.0112. The van der Waals surface area contributed by atoms with E-state index < -0.39 is 0 Å². The molecule has 1 atom stereocenters. The zero-order chi connectivity index (χ0) is 22.1. The number of carbonyl (C=O) groups excluding carboxylic acids is 1. The molecule has 1 N–H and O–H groups in total. The topological polar surface area (TPSA) is 69.6 Å². The summed E-state index contributed by atoms with van der Waals surface area (Å²) in [4.78, 5) is 23.7. The molecule has 2 heterocycles.